The Morgan fingerprint density at radius 2 is 1.73 bits per heavy atom. The zero-order chi connectivity index (χ0) is 12.1. The van der Waals surface area contributed by atoms with Gasteiger partial charge in [0.15, 0.2) is 8.32 Å². The van der Waals surface area contributed by atoms with E-state index in [9.17, 15) is 0 Å². The molecule has 0 heterocycles. The van der Waals surface area contributed by atoms with Crippen LogP contribution >= 0.6 is 0 Å². The summed E-state index contributed by atoms with van der Waals surface area (Å²) in [5.41, 5.74) is 0.329. The van der Waals surface area contributed by atoms with Gasteiger partial charge >= 0.3 is 0 Å². The summed E-state index contributed by atoms with van der Waals surface area (Å²) in [6, 6.07) is 1.21. The van der Waals surface area contributed by atoms with Crippen LogP contribution in [0.4, 0.5) is 0 Å². The Balaban J connectivity index is 4.23. The summed E-state index contributed by atoms with van der Waals surface area (Å²) < 4.78 is 6.29. The zero-order valence-corrected chi connectivity index (χ0v) is 12.8. The van der Waals surface area contributed by atoms with E-state index in [0.717, 1.165) is 0 Å². The molecular formula is C13H30OSi. The molecule has 0 aliphatic heterocycles. The van der Waals surface area contributed by atoms with Gasteiger partial charge in [0.1, 0.15) is 0 Å². The van der Waals surface area contributed by atoms with Crippen LogP contribution in [0.3, 0.4) is 0 Å². The zero-order valence-electron chi connectivity index (χ0n) is 11.8. The van der Waals surface area contributed by atoms with Gasteiger partial charge in [0.25, 0.3) is 0 Å². The fourth-order valence-corrected chi connectivity index (χ4v) is 3.00. The van der Waals surface area contributed by atoms with Crippen LogP contribution in [0.1, 0.15) is 53.9 Å². The van der Waals surface area contributed by atoms with E-state index in [4.69, 9.17) is 4.43 Å². The fourth-order valence-electron chi connectivity index (χ4n) is 1.56. The molecule has 0 rings (SSSR count). The van der Waals surface area contributed by atoms with E-state index < -0.39 is 8.32 Å². The minimum absolute atomic E-state index is 0.329. The molecule has 0 saturated carbocycles. The van der Waals surface area contributed by atoms with Crippen molar-refractivity contribution in [1.82, 2.24) is 0 Å². The number of unbranched alkanes of at least 4 members (excludes halogenated alkanes) is 1. The van der Waals surface area contributed by atoms with Gasteiger partial charge in [0.2, 0.25) is 0 Å². The van der Waals surface area contributed by atoms with Crippen LogP contribution in [-0.2, 0) is 4.43 Å². The highest BCUT2D eigenvalue weighted by atomic mass is 28.4. The Kier molecular flexibility index (Phi) is 6.12. The highest BCUT2D eigenvalue weighted by Gasteiger charge is 2.31. The van der Waals surface area contributed by atoms with Gasteiger partial charge in [-0.15, -0.1) is 0 Å². The van der Waals surface area contributed by atoms with Crippen LogP contribution in [0.15, 0.2) is 0 Å². The first-order valence-corrected chi connectivity index (χ1v) is 9.54. The van der Waals surface area contributed by atoms with Gasteiger partial charge < -0.3 is 4.43 Å². The quantitative estimate of drug-likeness (QED) is 0.569. The lowest BCUT2D eigenvalue weighted by atomic mass is 9.82. The SMILES string of the molecule is CCCCC(C)(C)C(C)O[Si](C)(C)CC. The van der Waals surface area contributed by atoms with Crippen molar-refractivity contribution in [2.24, 2.45) is 5.41 Å². The second-order valence-corrected chi connectivity index (χ2v) is 10.4. The maximum atomic E-state index is 6.29. The highest BCUT2D eigenvalue weighted by Crippen LogP contribution is 2.31. The second-order valence-electron chi connectivity index (χ2n) is 5.97. The van der Waals surface area contributed by atoms with Crippen molar-refractivity contribution in [3.05, 3.63) is 0 Å². The van der Waals surface area contributed by atoms with Crippen molar-refractivity contribution in [2.75, 3.05) is 0 Å². The van der Waals surface area contributed by atoms with Crippen LogP contribution in [0.5, 0.6) is 0 Å². The first kappa shape index (κ1) is 15.2. The summed E-state index contributed by atoms with van der Waals surface area (Å²) in [5.74, 6) is 0. The summed E-state index contributed by atoms with van der Waals surface area (Å²) in [6.45, 7) is 16.1. The molecule has 0 radical (unpaired) electrons. The van der Waals surface area contributed by atoms with Gasteiger partial charge in [-0.2, -0.15) is 0 Å². The van der Waals surface area contributed by atoms with Crippen LogP contribution in [0, 0.1) is 5.41 Å². The van der Waals surface area contributed by atoms with Crippen LogP contribution in [0.25, 0.3) is 0 Å². The molecule has 1 nitrogen and oxygen atoms in total. The topological polar surface area (TPSA) is 9.23 Å². The summed E-state index contributed by atoms with van der Waals surface area (Å²) in [5, 5.41) is 0. The lowest BCUT2D eigenvalue weighted by Gasteiger charge is -2.37. The van der Waals surface area contributed by atoms with Gasteiger partial charge in [-0.25, -0.2) is 0 Å². The molecule has 0 bridgehead atoms. The number of hydrogen-bond donors (Lipinski definition) is 0. The Bertz CT molecular complexity index is 175. The fraction of sp³-hybridized carbons (Fsp3) is 1.00. The Labute approximate surface area is 97.7 Å². The summed E-state index contributed by atoms with van der Waals surface area (Å²) in [7, 11) is -1.39. The smallest absolute Gasteiger partial charge is 0.186 e. The molecule has 0 aliphatic rings. The first-order chi connectivity index (χ1) is 6.75. The van der Waals surface area contributed by atoms with E-state index in [2.05, 4.69) is 47.7 Å². The van der Waals surface area contributed by atoms with Crippen LogP contribution < -0.4 is 0 Å². The molecule has 0 N–H and O–H groups in total. The van der Waals surface area contributed by atoms with Crippen molar-refractivity contribution >= 4 is 8.32 Å². The van der Waals surface area contributed by atoms with Gasteiger partial charge in [-0.3, -0.25) is 0 Å². The second kappa shape index (κ2) is 6.05. The average molecular weight is 230 g/mol. The Hall–Kier alpha value is 0.177. The third-order valence-electron chi connectivity index (χ3n) is 3.62. The van der Waals surface area contributed by atoms with Crippen molar-refractivity contribution in [3.63, 3.8) is 0 Å². The monoisotopic (exact) mass is 230 g/mol. The molecule has 0 fully saturated rings. The molecule has 92 valence electrons. The third-order valence-corrected chi connectivity index (χ3v) is 6.32. The van der Waals surface area contributed by atoms with Crippen molar-refractivity contribution < 1.29 is 4.43 Å². The van der Waals surface area contributed by atoms with E-state index >= 15 is 0 Å². The van der Waals surface area contributed by atoms with Gasteiger partial charge in [-0.1, -0.05) is 40.5 Å². The number of rotatable bonds is 7. The predicted octanol–water partition coefficient (Wildman–Crippen LogP) is 4.83. The van der Waals surface area contributed by atoms with Crippen molar-refractivity contribution in [3.8, 4) is 0 Å². The third kappa shape index (κ3) is 5.72. The maximum absolute atomic E-state index is 6.29. The molecule has 0 aromatic carbocycles. The Morgan fingerprint density at radius 1 is 1.20 bits per heavy atom. The average Bonchev–Trinajstić information content (AvgIpc) is 2.14. The van der Waals surface area contributed by atoms with E-state index in [1.54, 1.807) is 0 Å². The molecule has 1 atom stereocenters. The van der Waals surface area contributed by atoms with E-state index in [1.165, 1.54) is 25.3 Å². The van der Waals surface area contributed by atoms with E-state index in [1.807, 2.05) is 0 Å². The molecule has 0 spiro atoms. The Morgan fingerprint density at radius 3 is 2.13 bits per heavy atom. The normalized spacial score (nSPS) is 15.4. The molecule has 1 unspecified atom stereocenters. The number of hydrogen-bond acceptors (Lipinski definition) is 1. The molecule has 0 aromatic rings. The molecule has 2 heteroatoms. The lowest BCUT2D eigenvalue weighted by Crippen LogP contribution is -2.40. The van der Waals surface area contributed by atoms with Gasteiger partial charge in [0.05, 0.1) is 0 Å². The van der Waals surface area contributed by atoms with Gasteiger partial charge in [-0.05, 0) is 37.9 Å². The lowest BCUT2D eigenvalue weighted by molar-refractivity contribution is 0.0722. The van der Waals surface area contributed by atoms with Crippen molar-refractivity contribution in [2.45, 2.75) is 79.1 Å². The minimum atomic E-state index is -1.39. The summed E-state index contributed by atoms with van der Waals surface area (Å²) in [6.07, 6.45) is 4.27. The largest absolute Gasteiger partial charge is 0.414 e. The van der Waals surface area contributed by atoms with Gasteiger partial charge in [0, 0.05) is 6.10 Å². The first-order valence-electron chi connectivity index (χ1n) is 6.43. The van der Waals surface area contributed by atoms with Crippen LogP contribution in [0.2, 0.25) is 19.1 Å². The maximum Gasteiger partial charge on any atom is 0.186 e. The molecule has 0 amide bonds. The molecule has 15 heavy (non-hydrogen) atoms. The highest BCUT2D eigenvalue weighted by molar-refractivity contribution is 6.71. The minimum Gasteiger partial charge on any atom is -0.414 e. The predicted molar refractivity (Wildman–Crippen MR) is 71.8 cm³/mol. The van der Waals surface area contributed by atoms with Crippen molar-refractivity contribution in [1.29, 1.82) is 0 Å². The van der Waals surface area contributed by atoms with E-state index in [0.29, 0.717) is 11.5 Å². The molecule has 0 saturated heterocycles. The van der Waals surface area contributed by atoms with Crippen LogP contribution in [-0.4, -0.2) is 14.4 Å². The summed E-state index contributed by atoms with van der Waals surface area (Å²) >= 11 is 0. The summed E-state index contributed by atoms with van der Waals surface area (Å²) in [4.78, 5) is 0. The standard InChI is InChI=1S/C13H30OSi/c1-8-10-11-13(4,5)12(3)14-15(6,7)9-2/h12H,8-11H2,1-7H3. The molecular weight excluding hydrogens is 200 g/mol. The molecule has 0 aromatic heterocycles. The molecule has 0 aliphatic carbocycles. The van der Waals surface area contributed by atoms with E-state index in [-0.39, 0.29) is 0 Å².